The molecule has 0 heterocycles. The predicted octanol–water partition coefficient (Wildman–Crippen LogP) is 2.61. The first kappa shape index (κ1) is 12.4. The fourth-order valence-corrected chi connectivity index (χ4v) is 1.17. The monoisotopic (exact) mass is 206 g/mol. The first-order valence-electron chi connectivity index (χ1n) is 4.14. The Hall–Kier alpha value is 0.370. The van der Waals surface area contributed by atoms with Crippen LogP contribution in [0.25, 0.3) is 0 Å². The van der Waals surface area contributed by atoms with Crippen molar-refractivity contribution in [3.05, 3.63) is 0 Å². The molecule has 0 aromatic rings. The summed E-state index contributed by atoms with van der Waals surface area (Å²) in [5, 5.41) is -0.0402. The van der Waals surface area contributed by atoms with Gasteiger partial charge in [-0.2, -0.15) is 25.3 Å². The highest BCUT2D eigenvalue weighted by molar-refractivity contribution is 7.82. The molecule has 2 unspecified atom stereocenters. The minimum atomic E-state index is -0.174. The maximum Gasteiger partial charge on any atom is 0.147 e. The first-order valence-corrected chi connectivity index (χ1v) is 5.17. The van der Waals surface area contributed by atoms with Crippen molar-refractivity contribution in [1.29, 1.82) is 0 Å². The van der Waals surface area contributed by atoms with Crippen LogP contribution in [0.2, 0.25) is 0 Å². The van der Waals surface area contributed by atoms with Crippen molar-refractivity contribution < 1.29 is 4.79 Å². The zero-order chi connectivity index (χ0) is 9.94. The molecule has 0 spiro atoms. The molecule has 1 nitrogen and oxygen atoms in total. The Balaban J connectivity index is 4.12. The average molecular weight is 206 g/mol. The molecule has 12 heavy (non-hydrogen) atoms. The van der Waals surface area contributed by atoms with Crippen molar-refractivity contribution in [3.8, 4) is 0 Å². The van der Waals surface area contributed by atoms with Gasteiger partial charge in [-0.25, -0.2) is 0 Å². The van der Waals surface area contributed by atoms with Crippen molar-refractivity contribution in [2.75, 3.05) is 0 Å². The average Bonchev–Trinajstić information content (AvgIpc) is 1.82. The van der Waals surface area contributed by atoms with Crippen LogP contribution in [0.1, 0.15) is 34.1 Å². The Labute approximate surface area is 86.1 Å². The second-order valence-corrected chi connectivity index (χ2v) is 5.69. The lowest BCUT2D eigenvalue weighted by molar-refractivity contribution is -0.119. The summed E-state index contributed by atoms with van der Waals surface area (Å²) in [6.45, 7) is 7.98. The summed E-state index contributed by atoms with van der Waals surface area (Å²) in [7, 11) is 0. The minimum Gasteiger partial charge on any atom is -0.298 e. The molecule has 0 saturated carbocycles. The third-order valence-electron chi connectivity index (χ3n) is 1.62. The molecular formula is C9H18OS2. The van der Waals surface area contributed by atoms with Crippen LogP contribution in [0.15, 0.2) is 0 Å². The Morgan fingerprint density at radius 1 is 1.33 bits per heavy atom. The number of hydrogen-bond acceptors (Lipinski definition) is 3. The lowest BCUT2D eigenvalue weighted by atomic mass is 9.88. The van der Waals surface area contributed by atoms with Gasteiger partial charge in [-0.15, -0.1) is 0 Å². The highest BCUT2D eigenvalue weighted by Gasteiger charge is 2.27. The van der Waals surface area contributed by atoms with Gasteiger partial charge < -0.3 is 0 Å². The summed E-state index contributed by atoms with van der Waals surface area (Å²) in [6.07, 6.45) is 0.508. The highest BCUT2D eigenvalue weighted by atomic mass is 32.1. The summed E-state index contributed by atoms with van der Waals surface area (Å²) in [5.41, 5.74) is -0.0527. The van der Waals surface area contributed by atoms with Gasteiger partial charge in [0.2, 0.25) is 0 Å². The molecular weight excluding hydrogens is 188 g/mol. The largest absolute Gasteiger partial charge is 0.298 e. The van der Waals surface area contributed by atoms with Crippen molar-refractivity contribution >= 4 is 31.0 Å². The van der Waals surface area contributed by atoms with E-state index in [1.807, 2.05) is 27.7 Å². The number of thiol groups is 2. The third-order valence-corrected chi connectivity index (χ3v) is 2.87. The lowest BCUT2D eigenvalue weighted by Gasteiger charge is -2.25. The third kappa shape index (κ3) is 4.41. The molecule has 0 aromatic heterocycles. The van der Waals surface area contributed by atoms with Gasteiger partial charge in [0.15, 0.2) is 0 Å². The Morgan fingerprint density at radius 3 is 2.00 bits per heavy atom. The first-order chi connectivity index (χ1) is 5.25. The number of ketones is 1. The van der Waals surface area contributed by atoms with E-state index in [9.17, 15) is 4.79 Å². The van der Waals surface area contributed by atoms with Gasteiger partial charge in [-0.1, -0.05) is 27.7 Å². The van der Waals surface area contributed by atoms with Gasteiger partial charge in [0.1, 0.15) is 5.78 Å². The number of Topliss-reactive ketones (excluding diaryl/α,β-unsaturated/α-hetero) is 1. The van der Waals surface area contributed by atoms with E-state index in [-0.39, 0.29) is 21.7 Å². The number of hydrogen-bond donors (Lipinski definition) is 2. The molecule has 0 aromatic carbocycles. The predicted molar refractivity (Wildman–Crippen MR) is 60.3 cm³/mol. The van der Waals surface area contributed by atoms with Crippen LogP contribution in [-0.2, 0) is 4.79 Å². The lowest BCUT2D eigenvalue weighted by Crippen LogP contribution is -2.30. The minimum absolute atomic E-state index is 0.0527. The normalized spacial score (nSPS) is 17.2. The van der Waals surface area contributed by atoms with E-state index in [1.165, 1.54) is 0 Å². The van der Waals surface area contributed by atoms with Crippen LogP contribution in [0.3, 0.4) is 0 Å². The molecule has 0 rings (SSSR count). The topological polar surface area (TPSA) is 17.1 Å². The standard InChI is InChI=1S/C9H18OS2/c1-6(11)5-7(10)8(12)9(2,3)4/h6,8,11-12H,5H2,1-4H3. The molecule has 0 fully saturated rings. The van der Waals surface area contributed by atoms with Crippen LogP contribution < -0.4 is 0 Å². The summed E-state index contributed by atoms with van der Waals surface area (Å²) >= 11 is 8.47. The van der Waals surface area contributed by atoms with Crippen molar-refractivity contribution in [3.63, 3.8) is 0 Å². The van der Waals surface area contributed by atoms with Gasteiger partial charge in [0.25, 0.3) is 0 Å². The van der Waals surface area contributed by atoms with E-state index in [0.717, 1.165) is 0 Å². The molecule has 0 radical (unpaired) electrons. The molecule has 0 N–H and O–H groups in total. The molecule has 0 bridgehead atoms. The van der Waals surface area contributed by atoms with Crippen LogP contribution >= 0.6 is 25.3 Å². The summed E-state index contributed by atoms with van der Waals surface area (Å²) in [5.74, 6) is 0.188. The van der Waals surface area contributed by atoms with Crippen molar-refractivity contribution in [2.45, 2.75) is 44.6 Å². The maximum atomic E-state index is 11.5. The van der Waals surface area contributed by atoms with Gasteiger partial charge >= 0.3 is 0 Å². The highest BCUT2D eigenvalue weighted by Crippen LogP contribution is 2.26. The van der Waals surface area contributed by atoms with E-state index < -0.39 is 0 Å². The van der Waals surface area contributed by atoms with Gasteiger partial charge in [-0.05, 0) is 5.41 Å². The van der Waals surface area contributed by atoms with Crippen LogP contribution in [0.5, 0.6) is 0 Å². The Kier molecular flexibility index (Phi) is 4.70. The second-order valence-electron chi connectivity index (χ2n) is 4.29. The van der Waals surface area contributed by atoms with Crippen LogP contribution in [0, 0.1) is 5.41 Å². The molecule has 0 saturated heterocycles. The molecule has 0 amide bonds. The summed E-state index contributed by atoms with van der Waals surface area (Å²) in [4.78, 5) is 11.5. The Bertz CT molecular complexity index is 158. The number of carbonyl (C=O) groups excluding carboxylic acids is 1. The SMILES string of the molecule is CC(S)CC(=O)C(S)C(C)(C)C. The summed E-state index contributed by atoms with van der Waals surface area (Å²) < 4.78 is 0. The molecule has 0 aliphatic rings. The zero-order valence-electron chi connectivity index (χ0n) is 8.16. The van der Waals surface area contributed by atoms with Gasteiger partial charge in [0, 0.05) is 11.7 Å². The zero-order valence-corrected chi connectivity index (χ0v) is 9.95. The van der Waals surface area contributed by atoms with Crippen LogP contribution in [0.4, 0.5) is 0 Å². The second kappa shape index (κ2) is 4.56. The van der Waals surface area contributed by atoms with E-state index in [2.05, 4.69) is 25.3 Å². The van der Waals surface area contributed by atoms with E-state index in [0.29, 0.717) is 6.42 Å². The van der Waals surface area contributed by atoms with Gasteiger partial charge in [0.05, 0.1) is 5.25 Å². The molecule has 72 valence electrons. The molecule has 3 heteroatoms. The van der Waals surface area contributed by atoms with E-state index in [4.69, 9.17) is 0 Å². The fraction of sp³-hybridized carbons (Fsp3) is 0.889. The fourth-order valence-electron chi connectivity index (χ4n) is 0.886. The summed E-state index contributed by atoms with van der Waals surface area (Å²) in [6, 6.07) is 0. The molecule has 2 atom stereocenters. The van der Waals surface area contributed by atoms with E-state index >= 15 is 0 Å². The number of carbonyl (C=O) groups is 1. The van der Waals surface area contributed by atoms with E-state index in [1.54, 1.807) is 0 Å². The quantitative estimate of drug-likeness (QED) is 0.679. The van der Waals surface area contributed by atoms with Gasteiger partial charge in [-0.3, -0.25) is 4.79 Å². The maximum absolute atomic E-state index is 11.5. The smallest absolute Gasteiger partial charge is 0.147 e. The van der Waals surface area contributed by atoms with Crippen molar-refractivity contribution in [2.24, 2.45) is 5.41 Å². The van der Waals surface area contributed by atoms with Crippen molar-refractivity contribution in [1.82, 2.24) is 0 Å². The Morgan fingerprint density at radius 2 is 1.75 bits per heavy atom. The van der Waals surface area contributed by atoms with Crippen LogP contribution in [-0.4, -0.2) is 16.3 Å². The number of rotatable bonds is 3. The molecule has 0 aliphatic carbocycles. The molecule has 0 aliphatic heterocycles.